The summed E-state index contributed by atoms with van der Waals surface area (Å²) in [7, 11) is 1.65. The Bertz CT molecular complexity index is 1280. The Kier molecular flexibility index (Phi) is 4.63. The smallest absolute Gasteiger partial charge is 0.270 e. The average Bonchev–Trinajstić information content (AvgIpc) is 3.30. The van der Waals surface area contributed by atoms with Gasteiger partial charge in [-0.1, -0.05) is 11.6 Å². The minimum atomic E-state index is -0.327. The normalized spacial score (nSPS) is 22.7. The van der Waals surface area contributed by atoms with Gasteiger partial charge in [0, 0.05) is 50.2 Å². The van der Waals surface area contributed by atoms with E-state index in [0.29, 0.717) is 40.3 Å². The van der Waals surface area contributed by atoms with Crippen LogP contribution >= 0.6 is 11.6 Å². The van der Waals surface area contributed by atoms with Crippen LogP contribution in [-0.2, 0) is 7.05 Å². The lowest BCUT2D eigenvalue weighted by Gasteiger charge is -2.30. The van der Waals surface area contributed by atoms with Crippen molar-refractivity contribution in [2.45, 2.75) is 13.0 Å². The fourth-order valence-electron chi connectivity index (χ4n) is 5.22. The highest BCUT2D eigenvalue weighted by atomic mass is 35.5. The molecule has 0 amide bonds. The van der Waals surface area contributed by atoms with Gasteiger partial charge < -0.3 is 14.4 Å². The highest BCUT2D eigenvalue weighted by Crippen LogP contribution is 2.42. The Morgan fingerprint density at radius 1 is 1.16 bits per heavy atom. The van der Waals surface area contributed by atoms with Crippen LogP contribution in [0.25, 0.3) is 11.0 Å². The van der Waals surface area contributed by atoms with Gasteiger partial charge in [0.2, 0.25) is 0 Å². The molecule has 0 bridgehead atoms. The summed E-state index contributed by atoms with van der Waals surface area (Å²) >= 11 is 6.17. The number of hydrogen-bond acceptors (Lipinski definition) is 5. The number of anilines is 2. The van der Waals surface area contributed by atoms with Gasteiger partial charge in [0.15, 0.2) is 0 Å². The number of halogens is 2. The number of rotatable bonds is 2. The molecule has 2 aliphatic rings. The van der Waals surface area contributed by atoms with E-state index in [4.69, 9.17) is 11.6 Å². The first-order valence-corrected chi connectivity index (χ1v) is 10.6. The van der Waals surface area contributed by atoms with Crippen LogP contribution < -0.4 is 15.4 Å². The number of hydrogen-bond donors (Lipinski definition) is 0. The SMILES string of the molecule is CC1[C@H]2CN(c3c(C#N)c(=O)n(C)c4ccc(Cl)nc34)C[C@H]2CN1c1ccc(F)cc1. The predicted octanol–water partition coefficient (Wildman–Crippen LogP) is 3.56. The molecule has 6 nitrogen and oxygen atoms in total. The molecule has 158 valence electrons. The molecule has 3 atom stereocenters. The van der Waals surface area contributed by atoms with Gasteiger partial charge >= 0.3 is 0 Å². The third kappa shape index (κ3) is 3.05. The Labute approximate surface area is 184 Å². The number of benzene rings is 1. The summed E-state index contributed by atoms with van der Waals surface area (Å²) in [5.41, 5.74) is 2.61. The van der Waals surface area contributed by atoms with Gasteiger partial charge in [-0.2, -0.15) is 5.26 Å². The van der Waals surface area contributed by atoms with Crippen molar-refractivity contribution in [3.05, 3.63) is 63.3 Å². The molecular formula is C23H21ClFN5O. The number of nitrogens with zero attached hydrogens (tertiary/aromatic N) is 5. The van der Waals surface area contributed by atoms with Crippen molar-refractivity contribution in [1.82, 2.24) is 9.55 Å². The van der Waals surface area contributed by atoms with Crippen molar-refractivity contribution < 1.29 is 4.39 Å². The van der Waals surface area contributed by atoms with Crippen molar-refractivity contribution in [2.24, 2.45) is 18.9 Å². The predicted molar refractivity (Wildman–Crippen MR) is 119 cm³/mol. The van der Waals surface area contributed by atoms with E-state index in [1.165, 1.54) is 16.7 Å². The molecular weight excluding hydrogens is 417 g/mol. The minimum absolute atomic E-state index is 0.104. The van der Waals surface area contributed by atoms with Gasteiger partial charge in [-0.3, -0.25) is 4.79 Å². The molecule has 2 fully saturated rings. The van der Waals surface area contributed by atoms with E-state index >= 15 is 0 Å². The number of fused-ring (bicyclic) bond motifs is 2. The standard InChI is InChI=1S/C23H21ClFN5O/c1-13-18-12-29(10-14(18)11-30(13)16-5-3-15(25)4-6-16)22-17(9-26)23(31)28(2)19-7-8-20(24)27-21(19)22/h3-8,13-14,18H,10-12H2,1-2H3/t13?,14-,18+/m0/s1. The quantitative estimate of drug-likeness (QED) is 0.573. The van der Waals surface area contributed by atoms with E-state index in [1.54, 1.807) is 19.2 Å². The number of aromatic nitrogens is 2. The molecule has 5 rings (SSSR count). The van der Waals surface area contributed by atoms with E-state index in [0.717, 1.165) is 18.8 Å². The molecule has 2 saturated heterocycles. The van der Waals surface area contributed by atoms with Crippen molar-refractivity contribution >= 4 is 34.0 Å². The molecule has 0 spiro atoms. The van der Waals surface area contributed by atoms with E-state index in [-0.39, 0.29) is 23.0 Å². The van der Waals surface area contributed by atoms with Gasteiger partial charge in [0.25, 0.3) is 5.56 Å². The number of nitriles is 1. The van der Waals surface area contributed by atoms with Crippen molar-refractivity contribution in [2.75, 3.05) is 29.4 Å². The first-order chi connectivity index (χ1) is 14.9. The fraction of sp³-hybridized carbons (Fsp3) is 0.348. The maximum atomic E-state index is 13.3. The highest BCUT2D eigenvalue weighted by molar-refractivity contribution is 6.29. The second kappa shape index (κ2) is 7.24. The topological polar surface area (TPSA) is 65.2 Å². The van der Waals surface area contributed by atoms with Crippen LogP contribution in [0.5, 0.6) is 0 Å². The van der Waals surface area contributed by atoms with E-state index in [9.17, 15) is 14.4 Å². The Morgan fingerprint density at radius 3 is 2.58 bits per heavy atom. The van der Waals surface area contributed by atoms with Crippen molar-refractivity contribution in [1.29, 1.82) is 5.26 Å². The van der Waals surface area contributed by atoms with Gasteiger partial charge in [-0.25, -0.2) is 9.37 Å². The lowest BCUT2D eigenvalue weighted by Crippen LogP contribution is -2.36. The van der Waals surface area contributed by atoms with Crippen LogP contribution in [-0.4, -0.2) is 35.2 Å². The first-order valence-electron chi connectivity index (χ1n) is 10.3. The summed E-state index contributed by atoms with van der Waals surface area (Å²) in [4.78, 5) is 21.8. The summed E-state index contributed by atoms with van der Waals surface area (Å²) < 4.78 is 14.8. The van der Waals surface area contributed by atoms with Gasteiger partial charge in [0.1, 0.15) is 28.1 Å². The molecule has 1 unspecified atom stereocenters. The zero-order chi connectivity index (χ0) is 21.9. The first kappa shape index (κ1) is 19.8. The summed E-state index contributed by atoms with van der Waals surface area (Å²) in [6.07, 6.45) is 0. The maximum absolute atomic E-state index is 13.3. The summed E-state index contributed by atoms with van der Waals surface area (Å²) in [5, 5.41) is 10.1. The van der Waals surface area contributed by atoms with E-state index < -0.39 is 0 Å². The summed E-state index contributed by atoms with van der Waals surface area (Å²) in [6, 6.07) is 12.4. The molecule has 0 saturated carbocycles. The van der Waals surface area contributed by atoms with Crippen LogP contribution in [0.4, 0.5) is 15.8 Å². The van der Waals surface area contributed by atoms with E-state index in [1.807, 2.05) is 12.1 Å². The third-order valence-corrected chi connectivity index (χ3v) is 7.01. The number of pyridine rings is 2. The minimum Gasteiger partial charge on any atom is -0.368 e. The lowest BCUT2D eigenvalue weighted by molar-refractivity contribution is 0.472. The van der Waals surface area contributed by atoms with Crippen molar-refractivity contribution in [3.63, 3.8) is 0 Å². The average molecular weight is 438 g/mol. The third-order valence-electron chi connectivity index (χ3n) is 6.80. The van der Waals surface area contributed by atoms with Crippen LogP contribution in [0.3, 0.4) is 0 Å². The fourth-order valence-corrected chi connectivity index (χ4v) is 5.37. The largest absolute Gasteiger partial charge is 0.368 e. The molecule has 8 heteroatoms. The summed E-state index contributed by atoms with van der Waals surface area (Å²) in [5.74, 6) is 0.481. The van der Waals surface area contributed by atoms with Gasteiger partial charge in [0.05, 0.1) is 11.2 Å². The highest BCUT2D eigenvalue weighted by Gasteiger charge is 2.46. The second-order valence-electron chi connectivity index (χ2n) is 8.40. The molecule has 2 aromatic heterocycles. The zero-order valence-corrected chi connectivity index (χ0v) is 18.0. The van der Waals surface area contributed by atoms with Crippen LogP contribution in [0.2, 0.25) is 5.15 Å². The molecule has 1 aromatic carbocycles. The Balaban J connectivity index is 1.53. The van der Waals surface area contributed by atoms with E-state index in [2.05, 4.69) is 27.8 Å². The molecule has 31 heavy (non-hydrogen) atoms. The van der Waals surface area contributed by atoms with Crippen LogP contribution in [0.15, 0.2) is 41.2 Å². The van der Waals surface area contributed by atoms with Crippen LogP contribution in [0, 0.1) is 29.0 Å². The van der Waals surface area contributed by atoms with Gasteiger partial charge in [-0.05, 0) is 43.3 Å². The molecule has 3 aromatic rings. The molecule has 0 radical (unpaired) electrons. The van der Waals surface area contributed by atoms with Gasteiger partial charge in [-0.15, -0.1) is 0 Å². The summed E-state index contributed by atoms with van der Waals surface area (Å²) in [6.45, 7) is 4.46. The molecule has 4 heterocycles. The van der Waals surface area contributed by atoms with Crippen molar-refractivity contribution in [3.8, 4) is 6.07 Å². The second-order valence-corrected chi connectivity index (χ2v) is 8.79. The number of aryl methyl sites for hydroxylation is 1. The molecule has 0 N–H and O–H groups in total. The molecule has 2 aliphatic heterocycles. The Hall–Kier alpha value is -3.11. The molecule has 0 aliphatic carbocycles. The van der Waals surface area contributed by atoms with Crippen LogP contribution in [0.1, 0.15) is 12.5 Å². The zero-order valence-electron chi connectivity index (χ0n) is 17.2. The lowest BCUT2D eigenvalue weighted by atomic mass is 9.95. The maximum Gasteiger partial charge on any atom is 0.270 e. The monoisotopic (exact) mass is 437 g/mol. The Morgan fingerprint density at radius 2 is 1.90 bits per heavy atom.